The zero-order chi connectivity index (χ0) is 15.4. The van der Waals surface area contributed by atoms with Crippen LogP contribution in [0.1, 0.15) is 18.7 Å². The molecule has 3 rings (SSSR count). The fourth-order valence-corrected chi connectivity index (χ4v) is 2.57. The zero-order valence-corrected chi connectivity index (χ0v) is 12.7. The van der Waals surface area contributed by atoms with E-state index in [1.807, 2.05) is 24.3 Å². The van der Waals surface area contributed by atoms with Crippen LogP contribution in [0.5, 0.6) is 0 Å². The number of para-hydroxylation sites is 2. The number of hydrogen-bond acceptors (Lipinski definition) is 5. The quantitative estimate of drug-likeness (QED) is 0.908. The molecule has 1 aliphatic rings. The van der Waals surface area contributed by atoms with E-state index < -0.39 is 0 Å². The molecule has 0 aliphatic carbocycles. The van der Waals surface area contributed by atoms with E-state index in [2.05, 4.69) is 22.2 Å². The highest BCUT2D eigenvalue weighted by molar-refractivity contribution is 5.77. The SMILES string of the molecule is CN1CCC(OCC(=O)NCc2nc3ccccc3o2)CC1. The highest BCUT2D eigenvalue weighted by Gasteiger charge is 2.18. The van der Waals surface area contributed by atoms with Gasteiger partial charge in [0.2, 0.25) is 11.8 Å². The topological polar surface area (TPSA) is 67.6 Å². The standard InChI is InChI=1S/C16H21N3O3/c1-19-8-6-12(7-9-19)21-11-15(20)17-10-16-18-13-4-2-3-5-14(13)22-16/h2-5,12H,6-11H2,1H3,(H,17,20). The van der Waals surface area contributed by atoms with Crippen LogP contribution in [-0.4, -0.2) is 48.6 Å². The lowest BCUT2D eigenvalue weighted by molar-refractivity contribution is -0.128. The monoisotopic (exact) mass is 303 g/mol. The molecule has 1 aromatic heterocycles. The van der Waals surface area contributed by atoms with Crippen LogP contribution >= 0.6 is 0 Å². The van der Waals surface area contributed by atoms with Gasteiger partial charge in [-0.25, -0.2) is 4.98 Å². The summed E-state index contributed by atoms with van der Waals surface area (Å²) in [7, 11) is 2.10. The van der Waals surface area contributed by atoms with Gasteiger partial charge in [0.05, 0.1) is 12.6 Å². The fraction of sp³-hybridized carbons (Fsp3) is 0.500. The molecule has 1 N–H and O–H groups in total. The highest BCUT2D eigenvalue weighted by Crippen LogP contribution is 2.14. The van der Waals surface area contributed by atoms with E-state index in [1.165, 1.54) is 0 Å². The van der Waals surface area contributed by atoms with Crippen LogP contribution in [0, 0.1) is 0 Å². The predicted molar refractivity (Wildman–Crippen MR) is 82.3 cm³/mol. The summed E-state index contributed by atoms with van der Waals surface area (Å²) in [6.07, 6.45) is 2.15. The lowest BCUT2D eigenvalue weighted by Crippen LogP contribution is -2.36. The Morgan fingerprint density at radius 2 is 2.18 bits per heavy atom. The van der Waals surface area contributed by atoms with Crippen molar-refractivity contribution in [1.29, 1.82) is 0 Å². The maximum absolute atomic E-state index is 11.8. The molecule has 6 nitrogen and oxygen atoms in total. The molecule has 2 heterocycles. The Bertz CT molecular complexity index is 599. The summed E-state index contributed by atoms with van der Waals surface area (Å²) in [6, 6.07) is 7.54. The van der Waals surface area contributed by atoms with Crippen molar-refractivity contribution in [2.24, 2.45) is 0 Å². The third-order valence-electron chi connectivity index (χ3n) is 3.89. The fourth-order valence-electron chi connectivity index (χ4n) is 2.57. The van der Waals surface area contributed by atoms with Gasteiger partial charge in [0.25, 0.3) is 0 Å². The molecule has 1 amide bonds. The van der Waals surface area contributed by atoms with Crippen LogP contribution in [0.3, 0.4) is 0 Å². The van der Waals surface area contributed by atoms with Gasteiger partial charge in [-0.3, -0.25) is 4.79 Å². The van der Waals surface area contributed by atoms with E-state index in [-0.39, 0.29) is 25.2 Å². The molecule has 2 aromatic rings. The summed E-state index contributed by atoms with van der Waals surface area (Å²) in [4.78, 5) is 18.4. The van der Waals surface area contributed by atoms with E-state index in [1.54, 1.807) is 0 Å². The van der Waals surface area contributed by atoms with Gasteiger partial charge < -0.3 is 19.4 Å². The van der Waals surface area contributed by atoms with E-state index in [4.69, 9.17) is 9.15 Å². The number of aromatic nitrogens is 1. The van der Waals surface area contributed by atoms with Crippen LogP contribution in [0.15, 0.2) is 28.7 Å². The third kappa shape index (κ3) is 3.84. The van der Waals surface area contributed by atoms with E-state index in [0.29, 0.717) is 5.89 Å². The highest BCUT2D eigenvalue weighted by atomic mass is 16.5. The van der Waals surface area contributed by atoms with Crippen LogP contribution in [0.4, 0.5) is 0 Å². The smallest absolute Gasteiger partial charge is 0.246 e. The molecule has 1 aromatic carbocycles. The van der Waals surface area contributed by atoms with Gasteiger partial charge in [0, 0.05) is 13.1 Å². The molecule has 0 saturated carbocycles. The number of rotatable bonds is 5. The van der Waals surface area contributed by atoms with Crippen molar-refractivity contribution in [2.75, 3.05) is 26.7 Å². The lowest BCUT2D eigenvalue weighted by Gasteiger charge is -2.28. The summed E-state index contributed by atoms with van der Waals surface area (Å²) >= 11 is 0. The third-order valence-corrected chi connectivity index (χ3v) is 3.89. The maximum atomic E-state index is 11.8. The second kappa shape index (κ2) is 6.89. The molecule has 118 valence electrons. The number of oxazole rings is 1. The minimum Gasteiger partial charge on any atom is -0.439 e. The average Bonchev–Trinajstić information content (AvgIpc) is 2.95. The molecule has 1 aliphatic heterocycles. The molecule has 0 unspecified atom stereocenters. The molecular weight excluding hydrogens is 282 g/mol. The molecular formula is C16H21N3O3. The summed E-state index contributed by atoms with van der Waals surface area (Å²) in [5.41, 5.74) is 1.53. The van der Waals surface area contributed by atoms with Gasteiger partial charge in [-0.2, -0.15) is 0 Å². The normalized spacial score (nSPS) is 17.0. The van der Waals surface area contributed by atoms with Gasteiger partial charge in [-0.1, -0.05) is 12.1 Å². The zero-order valence-electron chi connectivity index (χ0n) is 12.7. The number of likely N-dealkylation sites (tertiary alicyclic amines) is 1. The van der Waals surface area contributed by atoms with Gasteiger partial charge >= 0.3 is 0 Å². The van der Waals surface area contributed by atoms with Crippen molar-refractivity contribution in [1.82, 2.24) is 15.2 Å². The molecule has 22 heavy (non-hydrogen) atoms. The lowest BCUT2D eigenvalue weighted by atomic mass is 10.1. The number of benzene rings is 1. The summed E-state index contributed by atoms with van der Waals surface area (Å²) in [5.74, 6) is 0.370. The van der Waals surface area contributed by atoms with Crippen LogP contribution < -0.4 is 5.32 Å². The first-order chi connectivity index (χ1) is 10.7. The number of nitrogens with zero attached hydrogens (tertiary/aromatic N) is 2. The van der Waals surface area contributed by atoms with Crippen molar-refractivity contribution in [3.63, 3.8) is 0 Å². The Kier molecular flexibility index (Phi) is 4.70. The number of fused-ring (bicyclic) bond motifs is 1. The molecule has 6 heteroatoms. The summed E-state index contributed by atoms with van der Waals surface area (Å²) in [5, 5.41) is 2.78. The Hall–Kier alpha value is -1.92. The number of carbonyl (C=O) groups excluding carboxylic acids is 1. The van der Waals surface area contributed by atoms with Crippen LogP contribution in [0.25, 0.3) is 11.1 Å². The van der Waals surface area contributed by atoms with Crippen LogP contribution in [0.2, 0.25) is 0 Å². The van der Waals surface area contributed by atoms with Gasteiger partial charge in [-0.15, -0.1) is 0 Å². The Morgan fingerprint density at radius 1 is 1.41 bits per heavy atom. The molecule has 0 bridgehead atoms. The minimum absolute atomic E-state index is 0.0919. The Labute approximate surface area is 129 Å². The Balaban J connectivity index is 1.42. The minimum atomic E-state index is -0.138. The number of hydrogen-bond donors (Lipinski definition) is 1. The van der Waals surface area contributed by atoms with E-state index in [9.17, 15) is 4.79 Å². The van der Waals surface area contributed by atoms with Crippen molar-refractivity contribution in [3.8, 4) is 0 Å². The maximum Gasteiger partial charge on any atom is 0.246 e. The number of ether oxygens (including phenoxy) is 1. The number of amides is 1. The number of piperidine rings is 1. The van der Waals surface area contributed by atoms with Crippen molar-refractivity contribution < 1.29 is 13.9 Å². The molecule has 0 atom stereocenters. The van der Waals surface area contributed by atoms with Gasteiger partial charge in [0.15, 0.2) is 5.58 Å². The Morgan fingerprint density at radius 3 is 2.95 bits per heavy atom. The van der Waals surface area contributed by atoms with Crippen molar-refractivity contribution in [2.45, 2.75) is 25.5 Å². The average molecular weight is 303 g/mol. The molecule has 1 saturated heterocycles. The molecule has 0 spiro atoms. The first-order valence-corrected chi connectivity index (χ1v) is 7.62. The van der Waals surface area contributed by atoms with Gasteiger partial charge in [-0.05, 0) is 32.0 Å². The summed E-state index contributed by atoms with van der Waals surface area (Å²) < 4.78 is 11.2. The predicted octanol–water partition coefficient (Wildman–Crippen LogP) is 1.55. The number of carbonyl (C=O) groups is 1. The first kappa shape index (κ1) is 15.0. The van der Waals surface area contributed by atoms with Crippen molar-refractivity contribution in [3.05, 3.63) is 30.2 Å². The second-order valence-corrected chi connectivity index (χ2v) is 5.67. The molecule has 1 fully saturated rings. The summed E-state index contributed by atoms with van der Waals surface area (Å²) in [6.45, 7) is 2.42. The molecule has 0 radical (unpaired) electrons. The number of nitrogens with one attached hydrogen (secondary N) is 1. The van der Waals surface area contributed by atoms with E-state index >= 15 is 0 Å². The van der Waals surface area contributed by atoms with Crippen LogP contribution in [-0.2, 0) is 16.1 Å². The van der Waals surface area contributed by atoms with Gasteiger partial charge in [0.1, 0.15) is 12.1 Å². The first-order valence-electron chi connectivity index (χ1n) is 7.62. The van der Waals surface area contributed by atoms with Crippen molar-refractivity contribution >= 4 is 17.0 Å². The largest absolute Gasteiger partial charge is 0.439 e. The second-order valence-electron chi connectivity index (χ2n) is 5.67. The van der Waals surface area contributed by atoms with E-state index in [0.717, 1.165) is 37.0 Å².